The second-order valence-corrected chi connectivity index (χ2v) is 8.06. The predicted octanol–water partition coefficient (Wildman–Crippen LogP) is 2.33. The number of tetrazole rings is 1. The second kappa shape index (κ2) is 9.38. The molecule has 3 aromatic rings. The number of aromatic amines is 1. The molecule has 1 fully saturated rings. The molecule has 2 heterocycles. The molecule has 1 aromatic carbocycles. The number of rotatable bonds is 8. The number of hydrogen-bond acceptors (Lipinski definition) is 7. The molecule has 0 atom stereocenters. The zero-order valence-corrected chi connectivity index (χ0v) is 18.0. The average molecular weight is 425 g/mol. The zero-order chi connectivity index (χ0) is 21.8. The van der Waals surface area contributed by atoms with E-state index in [-0.39, 0.29) is 18.1 Å². The highest BCUT2D eigenvalue weighted by molar-refractivity contribution is 5.81. The molecule has 1 N–H and O–H groups in total. The molecule has 0 saturated heterocycles. The molecule has 9 heteroatoms. The summed E-state index contributed by atoms with van der Waals surface area (Å²) in [4.78, 5) is 30.0. The third kappa shape index (κ3) is 4.82. The molecule has 0 unspecified atom stereocenters. The van der Waals surface area contributed by atoms with Gasteiger partial charge in [-0.3, -0.25) is 14.5 Å². The van der Waals surface area contributed by atoms with Crippen molar-refractivity contribution in [1.29, 1.82) is 0 Å². The van der Waals surface area contributed by atoms with Crippen LogP contribution >= 0.6 is 0 Å². The maximum atomic E-state index is 12.8. The summed E-state index contributed by atoms with van der Waals surface area (Å²) < 4.78 is 6.50. The molecule has 164 valence electrons. The number of fused-ring (bicyclic) bond motifs is 1. The number of pyridine rings is 1. The molecule has 4 rings (SSSR count). The third-order valence-corrected chi connectivity index (χ3v) is 5.91. The Hall–Kier alpha value is -3.07. The second-order valence-electron chi connectivity index (χ2n) is 8.06. The highest BCUT2D eigenvalue weighted by Crippen LogP contribution is 2.26. The van der Waals surface area contributed by atoms with Crippen LogP contribution in [-0.4, -0.2) is 48.7 Å². The lowest BCUT2D eigenvalue weighted by molar-refractivity contribution is -0.144. The molecule has 0 radical (unpaired) electrons. The van der Waals surface area contributed by atoms with Gasteiger partial charge in [0.1, 0.15) is 6.54 Å². The van der Waals surface area contributed by atoms with E-state index in [1.165, 1.54) is 17.5 Å². The highest BCUT2D eigenvalue weighted by atomic mass is 16.5. The molecule has 0 aliphatic heterocycles. The van der Waals surface area contributed by atoms with Crippen LogP contribution in [0.25, 0.3) is 10.9 Å². The van der Waals surface area contributed by atoms with Crippen molar-refractivity contribution in [3.63, 3.8) is 0 Å². The Morgan fingerprint density at radius 3 is 2.87 bits per heavy atom. The lowest BCUT2D eigenvalue weighted by Crippen LogP contribution is -2.35. The summed E-state index contributed by atoms with van der Waals surface area (Å²) >= 11 is 0. The van der Waals surface area contributed by atoms with Crippen molar-refractivity contribution in [2.24, 2.45) is 0 Å². The van der Waals surface area contributed by atoms with E-state index in [9.17, 15) is 9.59 Å². The molecule has 0 bridgehead atoms. The summed E-state index contributed by atoms with van der Waals surface area (Å²) in [5, 5.41) is 12.9. The molecule has 2 aromatic heterocycles. The molecule has 9 nitrogen and oxygen atoms in total. The first kappa shape index (κ1) is 21.2. The quantitative estimate of drug-likeness (QED) is 0.553. The van der Waals surface area contributed by atoms with Crippen molar-refractivity contribution in [3.05, 3.63) is 51.6 Å². The molecular weight excluding hydrogens is 396 g/mol. The van der Waals surface area contributed by atoms with E-state index in [1.807, 2.05) is 31.2 Å². The van der Waals surface area contributed by atoms with Crippen molar-refractivity contribution in [3.8, 4) is 0 Å². The average Bonchev–Trinajstić information content (AvgIpc) is 3.41. The number of ether oxygens (including phenoxy) is 1. The summed E-state index contributed by atoms with van der Waals surface area (Å²) in [6.07, 6.45) is 4.48. The maximum Gasteiger partial charge on any atom is 0.327 e. The van der Waals surface area contributed by atoms with E-state index < -0.39 is 0 Å². The number of H-pyrrole nitrogens is 1. The Labute approximate surface area is 180 Å². The number of carbonyl (C=O) groups excluding carboxylic acids is 1. The van der Waals surface area contributed by atoms with Crippen molar-refractivity contribution in [1.82, 2.24) is 30.1 Å². The fourth-order valence-electron chi connectivity index (χ4n) is 4.32. The van der Waals surface area contributed by atoms with Crippen LogP contribution in [-0.2, 0) is 29.2 Å². The topological polar surface area (TPSA) is 106 Å². The van der Waals surface area contributed by atoms with Gasteiger partial charge in [0, 0.05) is 18.2 Å². The number of para-hydroxylation sites is 1. The Bertz CT molecular complexity index is 1120. The van der Waals surface area contributed by atoms with Crippen molar-refractivity contribution in [2.45, 2.75) is 65.2 Å². The van der Waals surface area contributed by atoms with Gasteiger partial charge in [0.05, 0.1) is 18.7 Å². The van der Waals surface area contributed by atoms with Gasteiger partial charge in [-0.05, 0) is 54.1 Å². The first-order valence-electron chi connectivity index (χ1n) is 10.8. The van der Waals surface area contributed by atoms with Gasteiger partial charge in [-0.2, -0.15) is 0 Å². The highest BCUT2D eigenvalue weighted by Gasteiger charge is 2.26. The van der Waals surface area contributed by atoms with E-state index in [4.69, 9.17) is 4.74 Å². The minimum Gasteiger partial charge on any atom is -0.465 e. The van der Waals surface area contributed by atoms with Crippen LogP contribution in [0.4, 0.5) is 0 Å². The Kier molecular flexibility index (Phi) is 6.41. The van der Waals surface area contributed by atoms with Crippen LogP contribution in [0.5, 0.6) is 0 Å². The minimum atomic E-state index is -0.371. The lowest BCUT2D eigenvalue weighted by atomic mass is 10.1. The first-order chi connectivity index (χ1) is 15.0. The minimum absolute atomic E-state index is 0.0233. The van der Waals surface area contributed by atoms with Crippen LogP contribution in [0.15, 0.2) is 29.1 Å². The number of carbonyl (C=O) groups is 1. The fraction of sp³-hybridized carbons (Fsp3) is 0.500. The standard InChI is InChI=1S/C22H28N6O3/c1-3-31-20(29)14-28-19(24-25-26-28)13-27(18-9-4-5-10-18)12-17-11-16-8-6-7-15(2)21(16)23-22(17)30/h6-8,11,18H,3-5,9-10,12-14H2,1-2H3,(H,23,30). The maximum absolute atomic E-state index is 12.8. The van der Waals surface area contributed by atoms with E-state index in [0.717, 1.165) is 34.9 Å². The largest absolute Gasteiger partial charge is 0.465 e. The van der Waals surface area contributed by atoms with E-state index >= 15 is 0 Å². The number of hydrogen-bond donors (Lipinski definition) is 1. The van der Waals surface area contributed by atoms with Crippen molar-refractivity contribution >= 4 is 16.9 Å². The molecular formula is C22H28N6O3. The van der Waals surface area contributed by atoms with Gasteiger partial charge in [0.25, 0.3) is 5.56 Å². The Morgan fingerprint density at radius 2 is 2.10 bits per heavy atom. The number of aryl methyl sites for hydroxylation is 1. The summed E-state index contributed by atoms with van der Waals surface area (Å²) in [5.74, 6) is 0.220. The normalized spacial score (nSPS) is 14.5. The summed E-state index contributed by atoms with van der Waals surface area (Å²) in [5.41, 5.74) is 2.57. The molecule has 1 saturated carbocycles. The van der Waals surface area contributed by atoms with Gasteiger partial charge in [0.15, 0.2) is 5.82 Å². The van der Waals surface area contributed by atoms with Gasteiger partial charge < -0.3 is 9.72 Å². The Morgan fingerprint density at radius 1 is 1.29 bits per heavy atom. The van der Waals surface area contributed by atoms with Crippen molar-refractivity contribution < 1.29 is 9.53 Å². The van der Waals surface area contributed by atoms with Gasteiger partial charge >= 0.3 is 5.97 Å². The SMILES string of the molecule is CCOC(=O)Cn1nnnc1CN(Cc1cc2cccc(C)c2[nH]c1=O)C1CCCC1. The van der Waals surface area contributed by atoms with Crippen LogP contribution in [0.2, 0.25) is 0 Å². The third-order valence-electron chi connectivity index (χ3n) is 5.91. The lowest BCUT2D eigenvalue weighted by Gasteiger charge is -2.28. The van der Waals surface area contributed by atoms with Gasteiger partial charge in [0.2, 0.25) is 0 Å². The van der Waals surface area contributed by atoms with E-state index in [0.29, 0.717) is 31.6 Å². The molecule has 0 spiro atoms. The van der Waals surface area contributed by atoms with Crippen LogP contribution in [0.3, 0.4) is 0 Å². The summed E-state index contributed by atoms with van der Waals surface area (Å²) in [6, 6.07) is 8.33. The van der Waals surface area contributed by atoms with Crippen LogP contribution < -0.4 is 5.56 Å². The number of benzene rings is 1. The molecule has 0 amide bonds. The first-order valence-corrected chi connectivity index (χ1v) is 10.8. The smallest absolute Gasteiger partial charge is 0.327 e. The number of nitrogens with one attached hydrogen (secondary N) is 1. The van der Waals surface area contributed by atoms with Gasteiger partial charge in [-0.1, -0.05) is 31.0 Å². The number of nitrogens with zero attached hydrogens (tertiary/aromatic N) is 5. The van der Waals surface area contributed by atoms with Crippen molar-refractivity contribution in [2.75, 3.05) is 6.61 Å². The van der Waals surface area contributed by atoms with Crippen LogP contribution in [0.1, 0.15) is 49.6 Å². The van der Waals surface area contributed by atoms with E-state index in [1.54, 1.807) is 6.92 Å². The van der Waals surface area contributed by atoms with Gasteiger partial charge in [-0.15, -0.1) is 5.10 Å². The van der Waals surface area contributed by atoms with Gasteiger partial charge in [-0.25, -0.2) is 4.68 Å². The number of esters is 1. The summed E-state index contributed by atoms with van der Waals surface area (Å²) in [6.45, 7) is 5.01. The van der Waals surface area contributed by atoms with E-state index in [2.05, 4.69) is 25.4 Å². The molecule has 31 heavy (non-hydrogen) atoms. The predicted molar refractivity (Wildman–Crippen MR) is 115 cm³/mol. The molecule has 1 aliphatic rings. The zero-order valence-electron chi connectivity index (χ0n) is 18.0. The fourth-order valence-corrected chi connectivity index (χ4v) is 4.32. The molecule has 1 aliphatic carbocycles. The van der Waals surface area contributed by atoms with Crippen LogP contribution in [0, 0.1) is 6.92 Å². The monoisotopic (exact) mass is 424 g/mol. The number of aromatic nitrogens is 5. The summed E-state index contributed by atoms with van der Waals surface area (Å²) in [7, 11) is 0. The Balaban J connectivity index is 1.60.